The summed E-state index contributed by atoms with van der Waals surface area (Å²) in [5.74, 6) is 0. The first kappa shape index (κ1) is 11.9. The van der Waals surface area contributed by atoms with Crippen molar-refractivity contribution in [3.8, 4) is 0 Å². The van der Waals surface area contributed by atoms with Gasteiger partial charge in [0.25, 0.3) is 0 Å². The van der Waals surface area contributed by atoms with Gasteiger partial charge in [-0.05, 0) is 44.1 Å². The molecule has 0 atom stereocenters. The number of anilines is 2. The molecule has 4 nitrogen and oxygen atoms in total. The molecule has 4 N–H and O–H groups in total. The second-order valence-electron chi connectivity index (χ2n) is 4.36. The first-order chi connectivity index (χ1) is 8.33. The van der Waals surface area contributed by atoms with E-state index < -0.39 is 0 Å². The Morgan fingerprint density at radius 3 is 2.76 bits per heavy atom. The van der Waals surface area contributed by atoms with E-state index in [4.69, 9.17) is 5.41 Å². The summed E-state index contributed by atoms with van der Waals surface area (Å²) in [6.07, 6.45) is 3.71. The number of hydrogen-bond acceptors (Lipinski definition) is 4. The summed E-state index contributed by atoms with van der Waals surface area (Å²) in [5.41, 5.74) is 3.02. The van der Waals surface area contributed by atoms with Crippen LogP contribution in [0.3, 0.4) is 0 Å². The third-order valence-corrected chi connectivity index (χ3v) is 3.19. The second-order valence-corrected chi connectivity index (χ2v) is 4.36. The van der Waals surface area contributed by atoms with E-state index in [1.807, 2.05) is 19.2 Å². The van der Waals surface area contributed by atoms with E-state index in [2.05, 4.69) is 22.0 Å². The number of rotatable bonds is 4. The molecule has 92 valence electrons. The summed E-state index contributed by atoms with van der Waals surface area (Å²) < 4.78 is 0. The van der Waals surface area contributed by atoms with Crippen LogP contribution in [0.4, 0.5) is 11.4 Å². The fourth-order valence-electron chi connectivity index (χ4n) is 2.20. The van der Waals surface area contributed by atoms with Gasteiger partial charge in [-0.1, -0.05) is 0 Å². The molecule has 1 aromatic carbocycles. The molecule has 1 aliphatic rings. The summed E-state index contributed by atoms with van der Waals surface area (Å²) in [7, 11) is 1.88. The number of nitrogens with one attached hydrogen (secondary N) is 4. The van der Waals surface area contributed by atoms with Crippen molar-refractivity contribution < 1.29 is 0 Å². The minimum absolute atomic E-state index is 0.551. The minimum Gasteiger partial charge on any atom is -0.388 e. The third kappa shape index (κ3) is 2.97. The van der Waals surface area contributed by atoms with Crippen LogP contribution >= 0.6 is 0 Å². The molecular formula is C13H20N4. The molecule has 1 aromatic rings. The van der Waals surface area contributed by atoms with Gasteiger partial charge in [0.2, 0.25) is 0 Å². The van der Waals surface area contributed by atoms with Crippen molar-refractivity contribution in [3.63, 3.8) is 0 Å². The van der Waals surface area contributed by atoms with Gasteiger partial charge in [-0.15, -0.1) is 0 Å². The second kappa shape index (κ2) is 5.68. The van der Waals surface area contributed by atoms with Crippen molar-refractivity contribution in [2.24, 2.45) is 0 Å². The highest BCUT2D eigenvalue weighted by molar-refractivity contribution is 5.87. The van der Waals surface area contributed by atoms with Gasteiger partial charge in [0, 0.05) is 36.2 Å². The minimum atomic E-state index is 0.551. The molecule has 1 fully saturated rings. The average Bonchev–Trinajstić information content (AvgIpc) is 2.40. The Hall–Kier alpha value is -1.55. The Bertz CT molecular complexity index is 383. The van der Waals surface area contributed by atoms with E-state index in [1.54, 1.807) is 0 Å². The van der Waals surface area contributed by atoms with Crippen LogP contribution in [-0.4, -0.2) is 32.4 Å². The first-order valence-corrected chi connectivity index (χ1v) is 6.13. The van der Waals surface area contributed by atoms with E-state index in [0.29, 0.717) is 6.04 Å². The van der Waals surface area contributed by atoms with Crippen molar-refractivity contribution in [2.75, 3.05) is 30.8 Å². The molecule has 4 heteroatoms. The topological polar surface area (TPSA) is 59.9 Å². The van der Waals surface area contributed by atoms with Crippen LogP contribution in [0.1, 0.15) is 18.4 Å². The summed E-state index contributed by atoms with van der Waals surface area (Å²) in [5, 5.41) is 17.4. The predicted molar refractivity (Wildman–Crippen MR) is 73.4 cm³/mol. The smallest absolute Gasteiger partial charge is 0.0428 e. The van der Waals surface area contributed by atoms with Crippen LogP contribution in [0, 0.1) is 5.41 Å². The van der Waals surface area contributed by atoms with Crippen molar-refractivity contribution >= 4 is 17.6 Å². The molecule has 0 aromatic heterocycles. The van der Waals surface area contributed by atoms with E-state index in [9.17, 15) is 0 Å². The Morgan fingerprint density at radius 2 is 2.12 bits per heavy atom. The van der Waals surface area contributed by atoms with Gasteiger partial charge < -0.3 is 21.4 Å². The summed E-state index contributed by atoms with van der Waals surface area (Å²) in [6.45, 7) is 2.17. The molecule has 0 amide bonds. The van der Waals surface area contributed by atoms with Crippen LogP contribution in [0.25, 0.3) is 0 Å². The number of piperidine rings is 1. The quantitative estimate of drug-likeness (QED) is 0.600. The Labute approximate surface area is 102 Å². The molecule has 1 heterocycles. The zero-order valence-corrected chi connectivity index (χ0v) is 10.2. The molecule has 0 unspecified atom stereocenters. The highest BCUT2D eigenvalue weighted by Crippen LogP contribution is 2.20. The number of benzene rings is 1. The third-order valence-electron chi connectivity index (χ3n) is 3.19. The molecule has 17 heavy (non-hydrogen) atoms. The zero-order valence-electron chi connectivity index (χ0n) is 10.2. The molecule has 0 radical (unpaired) electrons. The Kier molecular flexibility index (Phi) is 3.98. The predicted octanol–water partition coefficient (Wildman–Crippen LogP) is 1.89. The monoisotopic (exact) mass is 232 g/mol. The van der Waals surface area contributed by atoms with Crippen LogP contribution in [0.2, 0.25) is 0 Å². The van der Waals surface area contributed by atoms with Crippen LogP contribution in [0.15, 0.2) is 18.2 Å². The van der Waals surface area contributed by atoms with Crippen LogP contribution in [0.5, 0.6) is 0 Å². The summed E-state index contributed by atoms with van der Waals surface area (Å²) in [4.78, 5) is 0. The van der Waals surface area contributed by atoms with E-state index in [0.717, 1.165) is 42.9 Å². The van der Waals surface area contributed by atoms with Gasteiger partial charge in [0.1, 0.15) is 0 Å². The normalized spacial score (nSPS) is 16.5. The van der Waals surface area contributed by atoms with Gasteiger partial charge in [-0.25, -0.2) is 0 Å². The van der Waals surface area contributed by atoms with Crippen molar-refractivity contribution in [2.45, 2.75) is 18.9 Å². The highest BCUT2D eigenvalue weighted by atomic mass is 15.0. The fourth-order valence-corrected chi connectivity index (χ4v) is 2.20. The van der Waals surface area contributed by atoms with E-state index in [-0.39, 0.29) is 0 Å². The fraction of sp³-hybridized carbons (Fsp3) is 0.462. The maximum Gasteiger partial charge on any atom is 0.0428 e. The van der Waals surface area contributed by atoms with Gasteiger partial charge in [-0.2, -0.15) is 0 Å². The molecule has 0 aliphatic carbocycles. The molecule has 0 bridgehead atoms. The van der Waals surface area contributed by atoms with E-state index >= 15 is 0 Å². The highest BCUT2D eigenvalue weighted by Gasteiger charge is 2.12. The maximum absolute atomic E-state index is 7.40. The number of hydrogen-bond donors (Lipinski definition) is 4. The molecule has 0 saturated carbocycles. The lowest BCUT2D eigenvalue weighted by Gasteiger charge is -2.25. The molecule has 1 aliphatic heterocycles. The van der Waals surface area contributed by atoms with Gasteiger partial charge in [0.15, 0.2) is 0 Å². The summed E-state index contributed by atoms with van der Waals surface area (Å²) >= 11 is 0. The molecular weight excluding hydrogens is 212 g/mol. The van der Waals surface area contributed by atoms with Crippen molar-refractivity contribution in [3.05, 3.63) is 23.8 Å². The van der Waals surface area contributed by atoms with Crippen molar-refractivity contribution in [1.29, 1.82) is 5.41 Å². The zero-order chi connectivity index (χ0) is 12.1. The summed E-state index contributed by atoms with van der Waals surface area (Å²) in [6, 6.07) is 6.67. The lowest BCUT2D eigenvalue weighted by Crippen LogP contribution is -2.35. The van der Waals surface area contributed by atoms with Gasteiger partial charge in [0.05, 0.1) is 0 Å². The standard InChI is InChI=1S/C13H20N4/c1-15-13-3-2-12(8-10(13)9-14)17-11-4-6-16-7-5-11/h2-3,8-9,11,14-17H,4-7H2,1H3. The van der Waals surface area contributed by atoms with Gasteiger partial charge >= 0.3 is 0 Å². The SMILES string of the molecule is CNc1ccc(NC2CCNCC2)cc1C=N. The molecule has 1 saturated heterocycles. The van der Waals surface area contributed by atoms with E-state index in [1.165, 1.54) is 6.21 Å². The first-order valence-electron chi connectivity index (χ1n) is 6.13. The Morgan fingerprint density at radius 1 is 1.35 bits per heavy atom. The molecule has 0 spiro atoms. The molecule has 2 rings (SSSR count). The van der Waals surface area contributed by atoms with Crippen LogP contribution in [-0.2, 0) is 0 Å². The lowest BCUT2D eigenvalue weighted by molar-refractivity contribution is 0.479. The lowest BCUT2D eigenvalue weighted by atomic mass is 10.1. The average molecular weight is 232 g/mol. The Balaban J connectivity index is 2.07. The largest absolute Gasteiger partial charge is 0.388 e. The maximum atomic E-state index is 7.40. The van der Waals surface area contributed by atoms with Crippen LogP contribution < -0.4 is 16.0 Å². The van der Waals surface area contributed by atoms with Crippen molar-refractivity contribution in [1.82, 2.24) is 5.32 Å². The van der Waals surface area contributed by atoms with Gasteiger partial charge in [-0.3, -0.25) is 0 Å².